The van der Waals surface area contributed by atoms with E-state index in [0.29, 0.717) is 6.04 Å². The van der Waals surface area contributed by atoms with Gasteiger partial charge < -0.3 is 10.6 Å². The first kappa shape index (κ1) is 16.8. The first-order valence-corrected chi connectivity index (χ1v) is 7.83. The predicted molar refractivity (Wildman–Crippen MR) is 81.7 cm³/mol. The van der Waals surface area contributed by atoms with E-state index in [1.54, 1.807) is 0 Å². The van der Waals surface area contributed by atoms with Gasteiger partial charge in [-0.1, -0.05) is 26.2 Å². The summed E-state index contributed by atoms with van der Waals surface area (Å²) in [6.45, 7) is 3.27. The van der Waals surface area contributed by atoms with Crippen LogP contribution in [0.3, 0.4) is 0 Å². The van der Waals surface area contributed by atoms with Crippen molar-refractivity contribution in [1.82, 2.24) is 10.6 Å². The highest BCUT2D eigenvalue weighted by atomic mass is 35.5. The van der Waals surface area contributed by atoms with Gasteiger partial charge in [0.05, 0.1) is 6.04 Å². The van der Waals surface area contributed by atoms with E-state index in [0.717, 1.165) is 18.9 Å². The summed E-state index contributed by atoms with van der Waals surface area (Å²) in [6, 6.07) is 0.515. The highest BCUT2D eigenvalue weighted by molar-refractivity contribution is 5.85. The molecule has 0 bridgehead atoms. The van der Waals surface area contributed by atoms with Gasteiger partial charge in [0.2, 0.25) is 5.91 Å². The number of nitrogens with one attached hydrogen (secondary N) is 2. The second kappa shape index (κ2) is 8.80. The molecule has 0 radical (unpaired) electrons. The Labute approximate surface area is 123 Å². The lowest BCUT2D eigenvalue weighted by molar-refractivity contribution is -0.124. The molecule has 1 aliphatic heterocycles. The average Bonchev–Trinajstić information content (AvgIpc) is 2.42. The van der Waals surface area contributed by atoms with E-state index in [4.69, 9.17) is 0 Å². The molecule has 3 nitrogen and oxygen atoms in total. The van der Waals surface area contributed by atoms with E-state index in [9.17, 15) is 4.79 Å². The maximum Gasteiger partial charge on any atom is 0.237 e. The van der Waals surface area contributed by atoms with Gasteiger partial charge in [-0.05, 0) is 51.0 Å². The van der Waals surface area contributed by atoms with Crippen molar-refractivity contribution in [2.24, 2.45) is 5.92 Å². The molecule has 0 spiro atoms. The summed E-state index contributed by atoms with van der Waals surface area (Å²) in [5, 5.41) is 6.58. The van der Waals surface area contributed by atoms with Crippen LogP contribution in [0.4, 0.5) is 0 Å². The minimum Gasteiger partial charge on any atom is -0.352 e. The van der Waals surface area contributed by atoms with Crippen molar-refractivity contribution in [2.75, 3.05) is 6.54 Å². The fourth-order valence-corrected chi connectivity index (χ4v) is 3.38. The maximum atomic E-state index is 12.1. The Balaban J connectivity index is 0.00000180. The number of carbonyl (C=O) groups is 1. The van der Waals surface area contributed by atoms with Gasteiger partial charge in [-0.3, -0.25) is 4.79 Å². The van der Waals surface area contributed by atoms with E-state index in [2.05, 4.69) is 17.6 Å². The van der Waals surface area contributed by atoms with Gasteiger partial charge in [-0.25, -0.2) is 0 Å². The fraction of sp³-hybridized carbons (Fsp3) is 0.933. The van der Waals surface area contributed by atoms with Crippen LogP contribution in [0.1, 0.15) is 64.7 Å². The standard InChI is InChI=1S/C15H28N2O.ClH/c1-2-5-12-7-9-13(10-8-12)17-15(18)14-6-3-4-11-16-14;/h12-14,16H,2-11H2,1H3,(H,17,18);1H. The molecule has 1 aliphatic carbocycles. The Bertz CT molecular complexity index is 259. The molecule has 1 saturated carbocycles. The van der Waals surface area contributed by atoms with Gasteiger partial charge in [0.25, 0.3) is 0 Å². The molecule has 4 heteroatoms. The fourth-order valence-electron chi connectivity index (χ4n) is 3.38. The van der Waals surface area contributed by atoms with Crippen LogP contribution in [0.5, 0.6) is 0 Å². The smallest absolute Gasteiger partial charge is 0.237 e. The Hall–Kier alpha value is -0.280. The highest BCUT2D eigenvalue weighted by Gasteiger charge is 2.25. The van der Waals surface area contributed by atoms with Crippen molar-refractivity contribution in [1.29, 1.82) is 0 Å². The van der Waals surface area contributed by atoms with Crippen molar-refractivity contribution in [3.63, 3.8) is 0 Å². The molecule has 2 aliphatic rings. The summed E-state index contributed by atoms with van der Waals surface area (Å²) in [5.74, 6) is 1.16. The molecule has 1 amide bonds. The lowest BCUT2D eigenvalue weighted by atomic mass is 9.83. The summed E-state index contributed by atoms with van der Waals surface area (Å²) < 4.78 is 0. The molecule has 1 atom stereocenters. The molecule has 0 aromatic rings. The molecule has 0 aromatic heterocycles. The third-order valence-corrected chi connectivity index (χ3v) is 4.52. The molecule has 2 N–H and O–H groups in total. The van der Waals surface area contributed by atoms with Crippen molar-refractivity contribution in [2.45, 2.75) is 76.8 Å². The highest BCUT2D eigenvalue weighted by Crippen LogP contribution is 2.27. The van der Waals surface area contributed by atoms with Crippen LogP contribution in [0, 0.1) is 5.92 Å². The SMILES string of the molecule is CCCC1CCC(NC(=O)C2CCCCN2)CC1.Cl. The van der Waals surface area contributed by atoms with Crippen LogP contribution in [0.25, 0.3) is 0 Å². The van der Waals surface area contributed by atoms with Crippen LogP contribution in [-0.2, 0) is 4.79 Å². The number of halogens is 1. The Morgan fingerprint density at radius 1 is 1.16 bits per heavy atom. The number of amides is 1. The van der Waals surface area contributed by atoms with Crippen LogP contribution >= 0.6 is 12.4 Å². The minimum atomic E-state index is 0. The van der Waals surface area contributed by atoms with Gasteiger partial charge in [0.1, 0.15) is 0 Å². The molecular weight excluding hydrogens is 260 g/mol. The lowest BCUT2D eigenvalue weighted by Crippen LogP contribution is -2.50. The van der Waals surface area contributed by atoms with Gasteiger partial charge in [0.15, 0.2) is 0 Å². The first-order valence-electron chi connectivity index (χ1n) is 7.83. The Morgan fingerprint density at radius 2 is 1.89 bits per heavy atom. The number of hydrogen-bond acceptors (Lipinski definition) is 2. The third kappa shape index (κ3) is 5.31. The van der Waals surface area contributed by atoms with Crippen LogP contribution in [-0.4, -0.2) is 24.5 Å². The molecule has 1 unspecified atom stereocenters. The molecule has 1 heterocycles. The van der Waals surface area contributed by atoms with Crippen molar-refractivity contribution < 1.29 is 4.79 Å². The van der Waals surface area contributed by atoms with Crippen LogP contribution in [0.2, 0.25) is 0 Å². The van der Waals surface area contributed by atoms with E-state index < -0.39 is 0 Å². The maximum absolute atomic E-state index is 12.1. The number of hydrogen-bond donors (Lipinski definition) is 2. The second-order valence-corrected chi connectivity index (χ2v) is 6.02. The third-order valence-electron chi connectivity index (χ3n) is 4.52. The van der Waals surface area contributed by atoms with Crippen molar-refractivity contribution >= 4 is 18.3 Å². The largest absolute Gasteiger partial charge is 0.352 e. The molecule has 0 aromatic carbocycles. The quantitative estimate of drug-likeness (QED) is 0.835. The number of carbonyl (C=O) groups excluding carboxylic acids is 1. The Morgan fingerprint density at radius 3 is 2.47 bits per heavy atom. The lowest BCUT2D eigenvalue weighted by Gasteiger charge is -2.31. The molecule has 2 fully saturated rings. The summed E-state index contributed by atoms with van der Waals surface area (Å²) in [5.41, 5.74) is 0. The number of rotatable bonds is 4. The van der Waals surface area contributed by atoms with E-state index in [1.807, 2.05) is 0 Å². The first-order chi connectivity index (χ1) is 8.79. The molecular formula is C15H29ClN2O. The summed E-state index contributed by atoms with van der Waals surface area (Å²) in [6.07, 6.45) is 11.1. The van der Waals surface area contributed by atoms with Gasteiger partial charge in [-0.2, -0.15) is 0 Å². The molecule has 19 heavy (non-hydrogen) atoms. The zero-order valence-corrected chi connectivity index (χ0v) is 12.9. The zero-order chi connectivity index (χ0) is 12.8. The average molecular weight is 289 g/mol. The monoisotopic (exact) mass is 288 g/mol. The normalized spacial score (nSPS) is 31.3. The summed E-state index contributed by atoms with van der Waals surface area (Å²) >= 11 is 0. The van der Waals surface area contributed by atoms with Crippen molar-refractivity contribution in [3.05, 3.63) is 0 Å². The molecule has 112 valence electrons. The molecule has 2 rings (SSSR count). The second-order valence-electron chi connectivity index (χ2n) is 6.02. The molecule has 1 saturated heterocycles. The summed E-state index contributed by atoms with van der Waals surface area (Å²) in [7, 11) is 0. The number of piperidine rings is 1. The van der Waals surface area contributed by atoms with Gasteiger partial charge in [-0.15, -0.1) is 12.4 Å². The van der Waals surface area contributed by atoms with Gasteiger partial charge in [0, 0.05) is 6.04 Å². The van der Waals surface area contributed by atoms with Crippen LogP contribution < -0.4 is 10.6 Å². The van der Waals surface area contributed by atoms with E-state index in [1.165, 1.54) is 51.4 Å². The topological polar surface area (TPSA) is 41.1 Å². The minimum absolute atomic E-state index is 0. The zero-order valence-electron chi connectivity index (χ0n) is 12.1. The van der Waals surface area contributed by atoms with Gasteiger partial charge >= 0.3 is 0 Å². The van der Waals surface area contributed by atoms with Crippen LogP contribution in [0.15, 0.2) is 0 Å². The van der Waals surface area contributed by atoms with E-state index >= 15 is 0 Å². The predicted octanol–water partition coefficient (Wildman–Crippen LogP) is 3.03. The van der Waals surface area contributed by atoms with E-state index in [-0.39, 0.29) is 24.4 Å². The van der Waals surface area contributed by atoms with Crippen molar-refractivity contribution in [3.8, 4) is 0 Å². The Kier molecular flexibility index (Phi) is 7.77. The summed E-state index contributed by atoms with van der Waals surface area (Å²) in [4.78, 5) is 12.1.